The summed E-state index contributed by atoms with van der Waals surface area (Å²) in [5.74, 6) is 0.935. The van der Waals surface area contributed by atoms with Crippen molar-refractivity contribution in [2.24, 2.45) is 11.3 Å². The van der Waals surface area contributed by atoms with Gasteiger partial charge < -0.3 is 14.5 Å². The first-order valence-corrected chi connectivity index (χ1v) is 9.43. The van der Waals surface area contributed by atoms with Crippen molar-refractivity contribution in [1.29, 1.82) is 0 Å². The molecular weight excluding hydrogens is 304 g/mol. The summed E-state index contributed by atoms with van der Waals surface area (Å²) in [7, 11) is 0. The lowest BCUT2D eigenvalue weighted by molar-refractivity contribution is -0.142. The second-order valence-corrected chi connectivity index (χ2v) is 8.22. The van der Waals surface area contributed by atoms with E-state index in [0.29, 0.717) is 18.9 Å². The molecule has 0 aromatic rings. The van der Waals surface area contributed by atoms with E-state index in [1.807, 2.05) is 9.80 Å². The Morgan fingerprint density at radius 2 is 2.04 bits per heavy atom. The lowest BCUT2D eigenvalue weighted by atomic mass is 9.78. The molecule has 3 aliphatic heterocycles. The molecule has 4 rings (SSSR count). The van der Waals surface area contributed by atoms with Crippen LogP contribution in [-0.4, -0.2) is 60.0 Å². The van der Waals surface area contributed by atoms with E-state index < -0.39 is 0 Å². The van der Waals surface area contributed by atoms with Gasteiger partial charge in [0.05, 0.1) is 24.0 Å². The van der Waals surface area contributed by atoms with Crippen molar-refractivity contribution in [3.05, 3.63) is 12.2 Å². The fraction of sp³-hybridized carbons (Fsp3) is 0.789. The molecule has 0 radical (unpaired) electrons. The summed E-state index contributed by atoms with van der Waals surface area (Å²) in [5.41, 5.74) is -0.236. The minimum atomic E-state index is -0.236. The van der Waals surface area contributed by atoms with Gasteiger partial charge in [-0.2, -0.15) is 0 Å². The van der Waals surface area contributed by atoms with E-state index in [4.69, 9.17) is 4.74 Å². The topological polar surface area (TPSA) is 49.9 Å². The highest BCUT2D eigenvalue weighted by molar-refractivity contribution is 5.83. The van der Waals surface area contributed by atoms with Crippen LogP contribution in [0.3, 0.4) is 0 Å². The van der Waals surface area contributed by atoms with Crippen LogP contribution in [0, 0.1) is 11.3 Å². The monoisotopic (exact) mass is 332 g/mol. The molecule has 132 valence electrons. The molecule has 1 aliphatic carbocycles. The molecule has 3 heterocycles. The van der Waals surface area contributed by atoms with Gasteiger partial charge in [0.15, 0.2) is 0 Å². The maximum Gasteiger partial charge on any atom is 0.228 e. The number of allylic oxidation sites excluding steroid dienone is 2. The molecule has 0 bridgehead atoms. The van der Waals surface area contributed by atoms with Crippen LogP contribution in [0.4, 0.5) is 0 Å². The highest BCUT2D eigenvalue weighted by Gasteiger charge is 2.47. The van der Waals surface area contributed by atoms with Crippen LogP contribution in [-0.2, 0) is 14.3 Å². The normalized spacial score (nSPS) is 38.1. The largest absolute Gasteiger partial charge is 0.372 e. The van der Waals surface area contributed by atoms with E-state index in [-0.39, 0.29) is 29.4 Å². The number of ether oxygens (including phenoxy) is 1. The molecule has 0 aromatic carbocycles. The van der Waals surface area contributed by atoms with E-state index in [2.05, 4.69) is 19.1 Å². The predicted octanol–water partition coefficient (Wildman–Crippen LogP) is 1.97. The van der Waals surface area contributed by atoms with Gasteiger partial charge in [0.1, 0.15) is 0 Å². The molecule has 4 atom stereocenters. The SMILES string of the molecule is CC1(C(=O)N2C[C@@H]3C[C@@H](CC(=O)N4CCC4)O[C@@H]3C2)CC=CCC1. The number of carbonyl (C=O) groups is 2. The molecule has 3 fully saturated rings. The summed E-state index contributed by atoms with van der Waals surface area (Å²) in [6.07, 6.45) is 9.88. The highest BCUT2D eigenvalue weighted by atomic mass is 16.5. The average molecular weight is 332 g/mol. The van der Waals surface area contributed by atoms with Gasteiger partial charge in [-0.05, 0) is 32.1 Å². The predicted molar refractivity (Wildman–Crippen MR) is 90.3 cm³/mol. The highest BCUT2D eigenvalue weighted by Crippen LogP contribution is 2.39. The molecule has 4 aliphatic rings. The third kappa shape index (κ3) is 2.87. The number of fused-ring (bicyclic) bond motifs is 1. The second-order valence-electron chi connectivity index (χ2n) is 8.22. The molecule has 0 aromatic heterocycles. The number of hydrogen-bond acceptors (Lipinski definition) is 3. The summed E-state index contributed by atoms with van der Waals surface area (Å²) in [4.78, 5) is 29.0. The fourth-order valence-electron chi connectivity index (χ4n) is 4.59. The lowest BCUT2D eigenvalue weighted by Gasteiger charge is -2.34. The van der Waals surface area contributed by atoms with Gasteiger partial charge in [-0.3, -0.25) is 9.59 Å². The molecule has 0 N–H and O–H groups in total. The Morgan fingerprint density at radius 1 is 1.21 bits per heavy atom. The maximum atomic E-state index is 12.9. The van der Waals surface area contributed by atoms with Gasteiger partial charge in [-0.15, -0.1) is 0 Å². The van der Waals surface area contributed by atoms with Crippen molar-refractivity contribution in [2.75, 3.05) is 26.2 Å². The number of nitrogens with zero attached hydrogens (tertiary/aromatic N) is 2. The van der Waals surface area contributed by atoms with E-state index in [9.17, 15) is 9.59 Å². The molecule has 0 spiro atoms. The van der Waals surface area contributed by atoms with Gasteiger partial charge in [-0.25, -0.2) is 0 Å². The fourth-order valence-corrected chi connectivity index (χ4v) is 4.59. The Kier molecular flexibility index (Phi) is 4.15. The van der Waals surface area contributed by atoms with E-state index in [0.717, 1.165) is 51.7 Å². The van der Waals surface area contributed by atoms with Crippen LogP contribution in [0.25, 0.3) is 0 Å². The van der Waals surface area contributed by atoms with Gasteiger partial charge >= 0.3 is 0 Å². The Hall–Kier alpha value is -1.36. The summed E-state index contributed by atoms with van der Waals surface area (Å²) in [6, 6.07) is 0. The van der Waals surface area contributed by atoms with Crippen LogP contribution < -0.4 is 0 Å². The zero-order valence-electron chi connectivity index (χ0n) is 14.6. The first-order chi connectivity index (χ1) is 11.5. The molecule has 3 saturated heterocycles. The van der Waals surface area contributed by atoms with Gasteiger partial charge in [0.25, 0.3) is 0 Å². The summed E-state index contributed by atoms with van der Waals surface area (Å²) < 4.78 is 6.12. The molecule has 5 heteroatoms. The van der Waals surface area contributed by atoms with Crippen LogP contribution in [0.5, 0.6) is 0 Å². The number of amides is 2. The zero-order valence-corrected chi connectivity index (χ0v) is 14.6. The third-order valence-corrected chi connectivity index (χ3v) is 6.33. The van der Waals surface area contributed by atoms with Crippen molar-refractivity contribution >= 4 is 11.8 Å². The van der Waals surface area contributed by atoms with Crippen LogP contribution in [0.1, 0.15) is 45.4 Å². The average Bonchev–Trinajstić information content (AvgIpc) is 3.03. The minimum absolute atomic E-state index is 0.0542. The van der Waals surface area contributed by atoms with Crippen LogP contribution >= 0.6 is 0 Å². The smallest absolute Gasteiger partial charge is 0.228 e. The number of rotatable bonds is 3. The first kappa shape index (κ1) is 16.1. The van der Waals surface area contributed by atoms with E-state index >= 15 is 0 Å². The van der Waals surface area contributed by atoms with Crippen molar-refractivity contribution < 1.29 is 14.3 Å². The maximum absolute atomic E-state index is 12.9. The summed E-state index contributed by atoms with van der Waals surface area (Å²) >= 11 is 0. The van der Waals surface area contributed by atoms with E-state index in [1.54, 1.807) is 0 Å². The quantitative estimate of drug-likeness (QED) is 0.743. The van der Waals surface area contributed by atoms with Gasteiger partial charge in [0.2, 0.25) is 11.8 Å². The van der Waals surface area contributed by atoms with E-state index in [1.165, 1.54) is 0 Å². The number of hydrogen-bond donors (Lipinski definition) is 0. The van der Waals surface area contributed by atoms with Crippen molar-refractivity contribution in [1.82, 2.24) is 9.80 Å². The van der Waals surface area contributed by atoms with Crippen molar-refractivity contribution in [3.8, 4) is 0 Å². The van der Waals surface area contributed by atoms with Crippen LogP contribution in [0.15, 0.2) is 12.2 Å². The Labute approximate surface area is 144 Å². The molecule has 24 heavy (non-hydrogen) atoms. The standard InChI is InChI=1S/C19H28N2O3/c1-19(6-3-2-4-7-19)18(23)21-12-14-10-15(24-16(14)13-21)11-17(22)20-8-5-9-20/h2-3,14-16H,4-13H2,1H3/t14-,15-,16+,19?/m0/s1. The Morgan fingerprint density at radius 3 is 2.67 bits per heavy atom. The molecule has 5 nitrogen and oxygen atoms in total. The second kappa shape index (κ2) is 6.17. The summed E-state index contributed by atoms with van der Waals surface area (Å²) in [6.45, 7) is 5.43. The molecule has 2 amide bonds. The zero-order chi connectivity index (χ0) is 16.7. The number of likely N-dealkylation sites (tertiary alicyclic amines) is 2. The van der Waals surface area contributed by atoms with Gasteiger partial charge in [-0.1, -0.05) is 19.1 Å². The summed E-state index contributed by atoms with van der Waals surface area (Å²) in [5, 5.41) is 0. The first-order valence-electron chi connectivity index (χ1n) is 9.43. The van der Waals surface area contributed by atoms with Crippen molar-refractivity contribution in [2.45, 2.75) is 57.7 Å². The molecular formula is C19H28N2O3. The molecule has 0 saturated carbocycles. The third-order valence-electron chi connectivity index (χ3n) is 6.33. The number of carbonyl (C=O) groups excluding carboxylic acids is 2. The van der Waals surface area contributed by atoms with Crippen LogP contribution in [0.2, 0.25) is 0 Å². The Bertz CT molecular complexity index is 543. The van der Waals surface area contributed by atoms with Crippen molar-refractivity contribution in [3.63, 3.8) is 0 Å². The lowest BCUT2D eigenvalue weighted by Crippen LogP contribution is -2.44. The molecule has 1 unspecified atom stereocenters. The van der Waals surface area contributed by atoms with Gasteiger partial charge in [0, 0.05) is 32.1 Å². The minimum Gasteiger partial charge on any atom is -0.372 e. The Balaban J connectivity index is 1.30.